The Morgan fingerprint density at radius 1 is 0.833 bits per heavy atom. The maximum atomic E-state index is 13.2. The average Bonchev–Trinajstić information content (AvgIpc) is 2.80. The van der Waals surface area contributed by atoms with Crippen molar-refractivity contribution in [2.24, 2.45) is 0 Å². The molecule has 3 saturated heterocycles. The third-order valence-electron chi connectivity index (χ3n) is 6.19. The van der Waals surface area contributed by atoms with E-state index in [0.29, 0.717) is 24.8 Å². The van der Waals surface area contributed by atoms with Crippen LogP contribution >= 0.6 is 0 Å². The number of nitrogens with zero attached hydrogens (tertiary/aromatic N) is 1. The van der Waals surface area contributed by atoms with E-state index in [9.17, 15) is 8.42 Å². The van der Waals surface area contributed by atoms with Gasteiger partial charge in [0.2, 0.25) is 10.0 Å². The van der Waals surface area contributed by atoms with Gasteiger partial charge in [-0.05, 0) is 28.8 Å². The van der Waals surface area contributed by atoms with E-state index in [-0.39, 0.29) is 17.0 Å². The highest BCUT2D eigenvalue weighted by Crippen LogP contribution is 2.40. The van der Waals surface area contributed by atoms with E-state index in [4.69, 9.17) is 4.74 Å². The van der Waals surface area contributed by atoms with E-state index in [2.05, 4.69) is 41.7 Å². The van der Waals surface area contributed by atoms with E-state index in [1.165, 1.54) is 23.8 Å². The topological polar surface area (TPSA) is 58.6 Å². The number of hydrogen-bond donors (Lipinski definition) is 1. The summed E-state index contributed by atoms with van der Waals surface area (Å²) in [5.41, 5.74) is 3.65. The number of benzene rings is 3. The lowest BCUT2D eigenvalue weighted by Crippen LogP contribution is -2.72. The Labute approximate surface area is 177 Å². The molecule has 0 aromatic heterocycles. The average molecular weight is 421 g/mol. The second kappa shape index (κ2) is 7.54. The first-order valence-corrected chi connectivity index (χ1v) is 11.6. The molecule has 1 N–H and O–H groups in total. The van der Waals surface area contributed by atoms with Crippen LogP contribution in [0.25, 0.3) is 11.1 Å². The van der Waals surface area contributed by atoms with Gasteiger partial charge in [0.05, 0.1) is 7.11 Å². The largest absolute Gasteiger partial charge is 0.495 e. The minimum absolute atomic E-state index is 0.121. The van der Waals surface area contributed by atoms with E-state index in [1.54, 1.807) is 28.6 Å². The monoisotopic (exact) mass is 420 g/mol. The Bertz CT molecular complexity index is 1130. The van der Waals surface area contributed by atoms with Crippen molar-refractivity contribution in [2.75, 3.05) is 20.2 Å². The molecule has 5 nitrogen and oxygen atoms in total. The van der Waals surface area contributed by atoms with Crippen LogP contribution in [-0.4, -0.2) is 45.0 Å². The molecule has 0 saturated carbocycles. The van der Waals surface area contributed by atoms with Crippen LogP contribution in [0.1, 0.15) is 11.5 Å². The Morgan fingerprint density at radius 3 is 2.10 bits per heavy atom. The van der Waals surface area contributed by atoms with Gasteiger partial charge in [0.1, 0.15) is 10.6 Å². The molecule has 6 heteroatoms. The third-order valence-corrected chi connectivity index (χ3v) is 8.06. The molecule has 3 heterocycles. The van der Waals surface area contributed by atoms with E-state index < -0.39 is 10.0 Å². The molecule has 0 radical (unpaired) electrons. The van der Waals surface area contributed by atoms with Gasteiger partial charge in [-0.15, -0.1) is 0 Å². The van der Waals surface area contributed by atoms with Gasteiger partial charge in [-0.2, -0.15) is 4.31 Å². The zero-order valence-electron chi connectivity index (χ0n) is 16.7. The van der Waals surface area contributed by atoms with Crippen molar-refractivity contribution in [3.63, 3.8) is 0 Å². The number of sulfonamides is 1. The lowest BCUT2D eigenvalue weighted by molar-refractivity contribution is 0.101. The number of nitrogens with one attached hydrogen (secondary N) is 1. The van der Waals surface area contributed by atoms with Crippen LogP contribution < -0.4 is 10.1 Å². The second-order valence-corrected chi connectivity index (χ2v) is 9.77. The van der Waals surface area contributed by atoms with Crippen LogP contribution in [0.15, 0.2) is 83.8 Å². The summed E-state index contributed by atoms with van der Waals surface area (Å²) in [6, 6.07) is 26.0. The third kappa shape index (κ3) is 3.21. The standard InChI is InChI=1S/C24H24N2O3S/c1-29-22-9-5-6-10-23(22)30(27,28)26-15-20-24(21(16-26)25-20)19-13-11-18(12-14-19)17-7-3-2-4-8-17/h2-14,20-21,24-25H,15-16H2,1H3/t20-,21+,24?. The SMILES string of the molecule is COc1ccccc1S(=O)(=O)N1C[C@@H]2N[C@H](C1)C2c1ccc(-c2ccccc2)cc1. The van der Waals surface area contributed by atoms with Crippen LogP contribution in [0.4, 0.5) is 0 Å². The van der Waals surface area contributed by atoms with Gasteiger partial charge in [0.15, 0.2) is 0 Å². The summed E-state index contributed by atoms with van der Waals surface area (Å²) in [6.07, 6.45) is 0. The Balaban J connectivity index is 1.34. The number of methoxy groups -OCH3 is 1. The predicted octanol–water partition coefficient (Wildman–Crippen LogP) is 3.49. The van der Waals surface area contributed by atoms with Crippen molar-refractivity contribution < 1.29 is 13.2 Å². The summed E-state index contributed by atoms with van der Waals surface area (Å²) >= 11 is 0. The highest BCUT2D eigenvalue weighted by Gasteiger charge is 2.50. The summed E-state index contributed by atoms with van der Waals surface area (Å²) in [5, 5.41) is 3.52. The zero-order chi connectivity index (χ0) is 20.7. The molecule has 2 bridgehead atoms. The summed E-state index contributed by atoms with van der Waals surface area (Å²) in [5.74, 6) is 0.719. The minimum Gasteiger partial charge on any atom is -0.495 e. The Hall–Kier alpha value is -2.67. The Morgan fingerprint density at radius 2 is 1.43 bits per heavy atom. The van der Waals surface area contributed by atoms with Crippen molar-refractivity contribution in [1.82, 2.24) is 9.62 Å². The van der Waals surface area contributed by atoms with Crippen molar-refractivity contribution in [1.29, 1.82) is 0 Å². The molecule has 0 aliphatic carbocycles. The molecule has 6 rings (SSSR count). The highest BCUT2D eigenvalue weighted by molar-refractivity contribution is 7.89. The van der Waals surface area contributed by atoms with E-state index >= 15 is 0 Å². The number of ether oxygens (including phenoxy) is 1. The zero-order valence-corrected chi connectivity index (χ0v) is 17.5. The van der Waals surface area contributed by atoms with Gasteiger partial charge in [0.25, 0.3) is 0 Å². The lowest BCUT2D eigenvalue weighted by atomic mass is 9.75. The molecule has 3 aromatic rings. The predicted molar refractivity (Wildman–Crippen MR) is 117 cm³/mol. The summed E-state index contributed by atoms with van der Waals surface area (Å²) in [4.78, 5) is 0.234. The summed E-state index contributed by atoms with van der Waals surface area (Å²) in [7, 11) is -2.09. The molecule has 3 fully saturated rings. The molecule has 3 aliphatic rings. The number of hydrogen-bond acceptors (Lipinski definition) is 4. The molecule has 1 unspecified atom stereocenters. The first-order valence-electron chi connectivity index (χ1n) is 10.1. The van der Waals surface area contributed by atoms with Crippen LogP contribution in [-0.2, 0) is 10.0 Å². The van der Waals surface area contributed by atoms with E-state index in [1.807, 2.05) is 18.2 Å². The lowest BCUT2D eigenvalue weighted by Gasteiger charge is -2.54. The molecule has 0 spiro atoms. The van der Waals surface area contributed by atoms with Gasteiger partial charge in [-0.25, -0.2) is 8.42 Å². The fourth-order valence-corrected chi connectivity index (χ4v) is 6.30. The van der Waals surface area contributed by atoms with E-state index in [0.717, 1.165) is 0 Å². The van der Waals surface area contributed by atoms with Crippen molar-refractivity contribution >= 4 is 10.0 Å². The number of piperidine rings is 1. The van der Waals surface area contributed by atoms with Crippen LogP contribution in [0.2, 0.25) is 0 Å². The molecule has 3 aliphatic heterocycles. The first-order chi connectivity index (χ1) is 14.6. The highest BCUT2D eigenvalue weighted by atomic mass is 32.2. The molecule has 0 amide bonds. The van der Waals surface area contributed by atoms with Gasteiger partial charge < -0.3 is 10.1 Å². The van der Waals surface area contributed by atoms with Crippen molar-refractivity contribution in [2.45, 2.75) is 22.9 Å². The summed E-state index contributed by atoms with van der Waals surface area (Å²) < 4.78 is 33.3. The second-order valence-electron chi connectivity index (χ2n) is 7.87. The molecule has 30 heavy (non-hydrogen) atoms. The van der Waals surface area contributed by atoms with Gasteiger partial charge >= 0.3 is 0 Å². The number of rotatable bonds is 5. The minimum atomic E-state index is -3.59. The van der Waals surface area contributed by atoms with Crippen LogP contribution in [0.5, 0.6) is 5.75 Å². The quantitative estimate of drug-likeness (QED) is 0.687. The molecular formula is C24H24N2O3S. The molecule has 3 aromatic carbocycles. The molecule has 154 valence electrons. The maximum absolute atomic E-state index is 13.2. The van der Waals surface area contributed by atoms with Crippen LogP contribution in [0, 0.1) is 0 Å². The maximum Gasteiger partial charge on any atom is 0.246 e. The number of piperazine rings is 1. The fraction of sp³-hybridized carbons (Fsp3) is 0.250. The van der Waals surface area contributed by atoms with Crippen LogP contribution in [0.3, 0.4) is 0 Å². The molecule has 3 atom stereocenters. The van der Waals surface area contributed by atoms with Gasteiger partial charge in [-0.3, -0.25) is 0 Å². The van der Waals surface area contributed by atoms with Gasteiger partial charge in [0, 0.05) is 31.1 Å². The summed E-state index contributed by atoms with van der Waals surface area (Å²) in [6.45, 7) is 0.921. The van der Waals surface area contributed by atoms with Crippen molar-refractivity contribution in [3.8, 4) is 16.9 Å². The Kier molecular flexibility index (Phi) is 4.85. The number of para-hydroxylation sites is 1. The normalized spacial score (nSPS) is 23.6. The first kappa shape index (κ1) is 19.3. The number of fused-ring (bicyclic) bond motifs is 2. The van der Waals surface area contributed by atoms with Crippen molar-refractivity contribution in [3.05, 3.63) is 84.4 Å². The smallest absolute Gasteiger partial charge is 0.246 e. The van der Waals surface area contributed by atoms with Gasteiger partial charge in [-0.1, -0.05) is 66.7 Å². The molecular weight excluding hydrogens is 396 g/mol. The fourth-order valence-electron chi connectivity index (χ4n) is 4.65.